The number of nitrogens with zero attached hydrogens (tertiary/aromatic N) is 4. The first-order chi connectivity index (χ1) is 18.8. The standard InChI is InChI=1S/C27H30F3N5O4/c28-27(29,30)39-23-8-3-2-7-20(23)19-35(26(36)37)24-13-14-31-25(33-24)32-21-9-11-22(12-10-21)38-18-6-17-34-15-4-1-5-16-34/h2-3,7-14H,1,4-6,15-19H2,(H,36,37)(H,31,32,33). The highest BCUT2D eigenvalue weighted by molar-refractivity contribution is 5.85. The molecule has 0 bridgehead atoms. The molecule has 0 radical (unpaired) electrons. The molecule has 4 rings (SSSR count). The zero-order valence-corrected chi connectivity index (χ0v) is 21.2. The topological polar surface area (TPSA) is 100 Å². The number of para-hydroxylation sites is 1. The van der Waals surface area contributed by atoms with Crippen molar-refractivity contribution in [2.75, 3.05) is 36.5 Å². The molecule has 2 heterocycles. The van der Waals surface area contributed by atoms with E-state index in [1.165, 1.54) is 49.7 Å². The van der Waals surface area contributed by atoms with Crippen molar-refractivity contribution in [3.05, 3.63) is 66.4 Å². The smallest absolute Gasteiger partial charge is 0.494 e. The van der Waals surface area contributed by atoms with Gasteiger partial charge in [-0.25, -0.2) is 9.78 Å². The van der Waals surface area contributed by atoms with Gasteiger partial charge in [-0.05, 0) is 68.8 Å². The summed E-state index contributed by atoms with van der Waals surface area (Å²) >= 11 is 0. The first-order valence-electron chi connectivity index (χ1n) is 12.7. The minimum atomic E-state index is -4.91. The minimum absolute atomic E-state index is 0.0181. The van der Waals surface area contributed by atoms with Crippen molar-refractivity contribution in [2.45, 2.75) is 38.6 Å². The molecular weight excluding hydrogens is 515 g/mol. The van der Waals surface area contributed by atoms with Crippen LogP contribution in [0.5, 0.6) is 11.5 Å². The molecule has 208 valence electrons. The Balaban J connectivity index is 1.36. The minimum Gasteiger partial charge on any atom is -0.494 e. The first kappa shape index (κ1) is 28.0. The summed E-state index contributed by atoms with van der Waals surface area (Å²) < 4.78 is 48.2. The van der Waals surface area contributed by atoms with Gasteiger partial charge < -0.3 is 24.8 Å². The number of carboxylic acid groups (broad SMARTS) is 1. The second kappa shape index (κ2) is 13.1. The molecule has 1 fully saturated rings. The normalized spacial score (nSPS) is 14.0. The molecule has 1 aliphatic heterocycles. The molecule has 39 heavy (non-hydrogen) atoms. The average molecular weight is 546 g/mol. The summed E-state index contributed by atoms with van der Waals surface area (Å²) in [6.45, 7) is 3.56. The lowest BCUT2D eigenvalue weighted by atomic mass is 10.1. The number of aromatic nitrogens is 2. The fraction of sp³-hybridized carbons (Fsp3) is 0.370. The first-order valence-corrected chi connectivity index (χ1v) is 12.7. The zero-order chi connectivity index (χ0) is 27.7. The Morgan fingerprint density at radius 3 is 2.51 bits per heavy atom. The van der Waals surface area contributed by atoms with Crippen LogP contribution in [0.25, 0.3) is 0 Å². The van der Waals surface area contributed by atoms with Gasteiger partial charge in [0, 0.05) is 24.0 Å². The van der Waals surface area contributed by atoms with Crippen molar-refractivity contribution in [3.63, 3.8) is 0 Å². The number of nitrogens with one attached hydrogen (secondary N) is 1. The number of piperidine rings is 1. The van der Waals surface area contributed by atoms with E-state index in [1.54, 1.807) is 12.1 Å². The maximum atomic E-state index is 12.8. The lowest BCUT2D eigenvalue weighted by molar-refractivity contribution is -0.274. The number of hydrogen-bond donors (Lipinski definition) is 2. The Bertz CT molecular complexity index is 1220. The molecule has 0 atom stereocenters. The second-order valence-electron chi connectivity index (χ2n) is 9.02. The van der Waals surface area contributed by atoms with Gasteiger partial charge in [-0.15, -0.1) is 13.2 Å². The predicted octanol–water partition coefficient (Wildman–Crippen LogP) is 6.06. The molecular formula is C27H30F3N5O4. The number of amides is 1. The van der Waals surface area contributed by atoms with E-state index in [4.69, 9.17) is 4.74 Å². The van der Waals surface area contributed by atoms with Crippen LogP contribution in [-0.2, 0) is 6.54 Å². The molecule has 1 saturated heterocycles. The monoisotopic (exact) mass is 545 g/mol. The molecule has 0 unspecified atom stereocenters. The van der Waals surface area contributed by atoms with E-state index >= 15 is 0 Å². The van der Waals surface area contributed by atoms with Gasteiger partial charge in [-0.3, -0.25) is 4.90 Å². The van der Waals surface area contributed by atoms with Crippen LogP contribution >= 0.6 is 0 Å². The molecule has 2 N–H and O–H groups in total. The summed E-state index contributed by atoms with van der Waals surface area (Å²) in [6, 6.07) is 13.9. The number of carbonyl (C=O) groups is 1. The van der Waals surface area contributed by atoms with Gasteiger partial charge in [0.25, 0.3) is 0 Å². The Kier molecular flexibility index (Phi) is 9.42. The molecule has 1 amide bonds. The Labute approximate surface area is 224 Å². The number of alkyl halides is 3. The summed E-state index contributed by atoms with van der Waals surface area (Å²) in [7, 11) is 0. The van der Waals surface area contributed by atoms with Crippen LogP contribution in [0, 0.1) is 0 Å². The number of anilines is 3. The van der Waals surface area contributed by atoms with E-state index < -0.39 is 24.7 Å². The van der Waals surface area contributed by atoms with Crippen molar-refractivity contribution in [1.29, 1.82) is 0 Å². The quantitative estimate of drug-likeness (QED) is 0.281. The third kappa shape index (κ3) is 8.74. The Morgan fingerprint density at radius 1 is 1.05 bits per heavy atom. The van der Waals surface area contributed by atoms with Crippen molar-refractivity contribution in [2.24, 2.45) is 0 Å². The highest BCUT2D eigenvalue weighted by atomic mass is 19.4. The lowest BCUT2D eigenvalue weighted by Gasteiger charge is -2.26. The van der Waals surface area contributed by atoms with E-state index in [2.05, 4.69) is 24.9 Å². The van der Waals surface area contributed by atoms with Gasteiger partial charge in [-0.2, -0.15) is 4.98 Å². The predicted molar refractivity (Wildman–Crippen MR) is 139 cm³/mol. The van der Waals surface area contributed by atoms with E-state index in [0.29, 0.717) is 12.3 Å². The maximum Gasteiger partial charge on any atom is 0.573 e. The number of benzene rings is 2. The van der Waals surface area contributed by atoms with Crippen LogP contribution in [0.4, 0.5) is 35.4 Å². The van der Waals surface area contributed by atoms with Crippen molar-refractivity contribution < 1.29 is 32.5 Å². The lowest BCUT2D eigenvalue weighted by Crippen LogP contribution is -2.31. The molecule has 12 heteroatoms. The summed E-state index contributed by atoms with van der Waals surface area (Å²) in [5.74, 6) is 0.340. The van der Waals surface area contributed by atoms with Crippen LogP contribution in [0.15, 0.2) is 60.8 Å². The van der Waals surface area contributed by atoms with E-state index in [9.17, 15) is 23.1 Å². The van der Waals surface area contributed by atoms with Gasteiger partial charge in [0.1, 0.15) is 17.3 Å². The van der Waals surface area contributed by atoms with Crippen molar-refractivity contribution in [3.8, 4) is 11.5 Å². The SMILES string of the molecule is O=C(O)N(Cc1ccccc1OC(F)(F)F)c1ccnc(Nc2ccc(OCCCN3CCCCC3)cc2)n1. The van der Waals surface area contributed by atoms with Crippen LogP contribution in [0.1, 0.15) is 31.2 Å². The largest absolute Gasteiger partial charge is 0.573 e. The van der Waals surface area contributed by atoms with Crippen LogP contribution in [-0.4, -0.2) is 58.7 Å². The molecule has 1 aromatic heterocycles. The van der Waals surface area contributed by atoms with Crippen LogP contribution in [0.3, 0.4) is 0 Å². The number of rotatable bonds is 11. The molecule has 2 aromatic carbocycles. The summed E-state index contributed by atoms with van der Waals surface area (Å²) in [5.41, 5.74) is 0.676. The zero-order valence-electron chi connectivity index (χ0n) is 21.2. The highest BCUT2D eigenvalue weighted by Gasteiger charge is 2.32. The van der Waals surface area contributed by atoms with Gasteiger partial charge in [-0.1, -0.05) is 24.6 Å². The second-order valence-corrected chi connectivity index (χ2v) is 9.02. The molecule has 9 nitrogen and oxygen atoms in total. The van der Waals surface area contributed by atoms with Crippen molar-refractivity contribution >= 4 is 23.5 Å². The number of hydrogen-bond acceptors (Lipinski definition) is 7. The molecule has 0 aliphatic carbocycles. The third-order valence-corrected chi connectivity index (χ3v) is 6.12. The molecule has 0 saturated carbocycles. The number of likely N-dealkylation sites (tertiary alicyclic amines) is 1. The Hall–Kier alpha value is -4.06. The van der Waals surface area contributed by atoms with Gasteiger partial charge in [0.15, 0.2) is 0 Å². The molecule has 1 aliphatic rings. The van der Waals surface area contributed by atoms with Crippen molar-refractivity contribution in [1.82, 2.24) is 14.9 Å². The summed E-state index contributed by atoms with van der Waals surface area (Å²) in [5, 5.41) is 12.8. The van der Waals surface area contributed by atoms with Gasteiger partial charge in [0.2, 0.25) is 5.95 Å². The van der Waals surface area contributed by atoms with E-state index in [0.717, 1.165) is 42.8 Å². The highest BCUT2D eigenvalue weighted by Crippen LogP contribution is 2.28. The fourth-order valence-electron chi connectivity index (χ4n) is 4.26. The Morgan fingerprint density at radius 2 is 1.79 bits per heavy atom. The molecule has 3 aromatic rings. The summed E-state index contributed by atoms with van der Waals surface area (Å²) in [4.78, 5) is 23.6. The third-order valence-electron chi connectivity index (χ3n) is 6.12. The number of ether oxygens (including phenoxy) is 2. The van der Waals surface area contributed by atoms with Gasteiger partial charge >= 0.3 is 12.5 Å². The fourth-order valence-corrected chi connectivity index (χ4v) is 4.26. The van der Waals surface area contributed by atoms with Gasteiger partial charge in [0.05, 0.1) is 13.2 Å². The van der Waals surface area contributed by atoms with Crippen LogP contribution in [0.2, 0.25) is 0 Å². The van der Waals surface area contributed by atoms with E-state index in [1.807, 2.05) is 12.1 Å². The molecule has 0 spiro atoms. The summed E-state index contributed by atoms with van der Waals surface area (Å²) in [6.07, 6.45) is -0.156. The maximum absolute atomic E-state index is 12.8. The van der Waals surface area contributed by atoms with Crippen LogP contribution < -0.4 is 19.7 Å². The average Bonchev–Trinajstić information content (AvgIpc) is 2.91. The number of halogens is 3. The van der Waals surface area contributed by atoms with E-state index in [-0.39, 0.29) is 17.3 Å².